The minimum Gasteiger partial charge on any atom is -0.344 e. The van der Waals surface area contributed by atoms with E-state index in [1.165, 1.54) is 5.56 Å². The normalized spacial score (nSPS) is 17.9. The first-order chi connectivity index (χ1) is 14.2. The number of rotatable bonds is 5. The van der Waals surface area contributed by atoms with Crippen molar-refractivity contribution in [2.45, 2.75) is 13.0 Å². The lowest BCUT2D eigenvalue weighted by atomic mass is 9.96. The van der Waals surface area contributed by atoms with E-state index >= 15 is 0 Å². The standard InChI is InChI=1S/C24H26N4O/c1-27-13-14-28(18-23-6-2-3-12-26-23)17-22(24(27)29)15-19-7-9-20(10-8-19)21-5-4-11-25-16-21/h2-12,16,22H,13-15,17-18H2,1H3. The SMILES string of the molecule is CN1CCN(Cc2ccccn2)CC(Cc2ccc(-c3cccnc3)cc2)C1=O. The molecular weight excluding hydrogens is 360 g/mol. The maximum absolute atomic E-state index is 12.9. The minimum absolute atomic E-state index is 0.0459. The average Bonchev–Trinajstić information content (AvgIpc) is 2.90. The van der Waals surface area contributed by atoms with Crippen molar-refractivity contribution in [1.82, 2.24) is 19.8 Å². The second kappa shape index (κ2) is 8.97. The summed E-state index contributed by atoms with van der Waals surface area (Å²) in [4.78, 5) is 25.8. The summed E-state index contributed by atoms with van der Waals surface area (Å²) in [5.74, 6) is 0.181. The van der Waals surface area contributed by atoms with Crippen molar-refractivity contribution >= 4 is 5.91 Å². The van der Waals surface area contributed by atoms with E-state index in [9.17, 15) is 4.79 Å². The third kappa shape index (κ3) is 4.87. The summed E-state index contributed by atoms with van der Waals surface area (Å²) in [6.07, 6.45) is 6.22. The van der Waals surface area contributed by atoms with Gasteiger partial charge in [0.15, 0.2) is 0 Å². The van der Waals surface area contributed by atoms with Gasteiger partial charge in [0.2, 0.25) is 5.91 Å². The molecule has 1 saturated heterocycles. The summed E-state index contributed by atoms with van der Waals surface area (Å²) in [6.45, 7) is 3.15. The molecule has 1 aliphatic rings. The Labute approximate surface area is 172 Å². The molecule has 0 bridgehead atoms. The van der Waals surface area contributed by atoms with Gasteiger partial charge in [-0.1, -0.05) is 36.4 Å². The number of hydrogen-bond donors (Lipinski definition) is 0. The molecule has 2 aromatic heterocycles. The molecule has 3 aromatic rings. The maximum atomic E-state index is 12.9. The summed E-state index contributed by atoms with van der Waals surface area (Å²) in [6, 6.07) is 18.5. The van der Waals surface area contributed by atoms with Gasteiger partial charge in [-0.05, 0) is 41.3 Å². The first kappa shape index (κ1) is 19.3. The lowest BCUT2D eigenvalue weighted by molar-refractivity contribution is -0.133. The largest absolute Gasteiger partial charge is 0.344 e. The van der Waals surface area contributed by atoms with Gasteiger partial charge in [-0.2, -0.15) is 0 Å². The molecule has 1 aliphatic heterocycles. The molecule has 5 nitrogen and oxygen atoms in total. The molecule has 1 atom stereocenters. The highest BCUT2D eigenvalue weighted by atomic mass is 16.2. The first-order valence-electron chi connectivity index (χ1n) is 10.1. The van der Waals surface area contributed by atoms with Crippen molar-refractivity contribution in [3.8, 4) is 11.1 Å². The Morgan fingerprint density at radius 2 is 1.83 bits per heavy atom. The van der Waals surface area contributed by atoms with E-state index in [1.807, 2.05) is 48.6 Å². The van der Waals surface area contributed by atoms with Gasteiger partial charge in [-0.15, -0.1) is 0 Å². The lowest BCUT2D eigenvalue weighted by Gasteiger charge is -2.22. The second-order valence-electron chi connectivity index (χ2n) is 7.66. The van der Waals surface area contributed by atoms with E-state index < -0.39 is 0 Å². The topological polar surface area (TPSA) is 49.3 Å². The zero-order valence-corrected chi connectivity index (χ0v) is 16.7. The van der Waals surface area contributed by atoms with Crippen molar-refractivity contribution in [2.24, 2.45) is 5.92 Å². The van der Waals surface area contributed by atoms with Crippen LogP contribution >= 0.6 is 0 Å². The molecule has 5 heteroatoms. The van der Waals surface area contributed by atoms with Gasteiger partial charge in [0, 0.05) is 51.8 Å². The molecule has 1 unspecified atom stereocenters. The van der Waals surface area contributed by atoms with Crippen LogP contribution < -0.4 is 0 Å². The zero-order chi connectivity index (χ0) is 20.1. The molecular formula is C24H26N4O. The molecule has 3 heterocycles. The average molecular weight is 386 g/mol. The van der Waals surface area contributed by atoms with Gasteiger partial charge in [-0.3, -0.25) is 19.7 Å². The first-order valence-corrected chi connectivity index (χ1v) is 10.1. The number of nitrogens with zero attached hydrogens (tertiary/aromatic N) is 4. The van der Waals surface area contributed by atoms with Crippen molar-refractivity contribution < 1.29 is 4.79 Å². The van der Waals surface area contributed by atoms with E-state index in [2.05, 4.69) is 45.2 Å². The van der Waals surface area contributed by atoms with E-state index in [-0.39, 0.29) is 11.8 Å². The van der Waals surface area contributed by atoms with Crippen molar-refractivity contribution in [2.75, 3.05) is 26.7 Å². The molecule has 4 rings (SSSR count). The van der Waals surface area contributed by atoms with Crippen molar-refractivity contribution in [1.29, 1.82) is 0 Å². The minimum atomic E-state index is -0.0459. The maximum Gasteiger partial charge on any atom is 0.227 e. The van der Waals surface area contributed by atoms with E-state index in [0.29, 0.717) is 0 Å². The predicted octanol–water partition coefficient (Wildman–Crippen LogP) is 3.28. The summed E-state index contributed by atoms with van der Waals surface area (Å²) < 4.78 is 0. The van der Waals surface area contributed by atoms with E-state index in [0.717, 1.165) is 49.4 Å². The van der Waals surface area contributed by atoms with Crippen LogP contribution in [-0.2, 0) is 17.8 Å². The Morgan fingerprint density at radius 1 is 0.966 bits per heavy atom. The second-order valence-corrected chi connectivity index (χ2v) is 7.66. The third-order valence-corrected chi connectivity index (χ3v) is 5.50. The number of aromatic nitrogens is 2. The molecule has 1 amide bonds. The van der Waals surface area contributed by atoms with Crippen LogP contribution in [0.5, 0.6) is 0 Å². The van der Waals surface area contributed by atoms with Gasteiger partial charge in [-0.25, -0.2) is 0 Å². The van der Waals surface area contributed by atoms with Gasteiger partial charge in [0.05, 0.1) is 11.6 Å². The molecule has 0 aliphatic carbocycles. The van der Waals surface area contributed by atoms with Gasteiger partial charge in [0.1, 0.15) is 0 Å². The number of likely N-dealkylation sites (N-methyl/N-ethyl adjacent to an activating group) is 1. The van der Waals surface area contributed by atoms with Crippen LogP contribution in [0.15, 0.2) is 73.2 Å². The van der Waals surface area contributed by atoms with Crippen LogP contribution in [0.3, 0.4) is 0 Å². The van der Waals surface area contributed by atoms with Crippen LogP contribution in [0.25, 0.3) is 11.1 Å². The Balaban J connectivity index is 1.47. The fourth-order valence-corrected chi connectivity index (χ4v) is 3.86. The molecule has 1 fully saturated rings. The highest BCUT2D eigenvalue weighted by Crippen LogP contribution is 2.22. The number of hydrogen-bond acceptors (Lipinski definition) is 4. The Bertz CT molecular complexity index is 928. The van der Waals surface area contributed by atoms with Crippen molar-refractivity contribution in [3.63, 3.8) is 0 Å². The van der Waals surface area contributed by atoms with Crippen LogP contribution in [0.2, 0.25) is 0 Å². The number of benzene rings is 1. The van der Waals surface area contributed by atoms with E-state index in [4.69, 9.17) is 0 Å². The van der Waals surface area contributed by atoms with Gasteiger partial charge in [0.25, 0.3) is 0 Å². The number of carbonyl (C=O) groups is 1. The smallest absolute Gasteiger partial charge is 0.227 e. The molecule has 29 heavy (non-hydrogen) atoms. The lowest BCUT2D eigenvalue weighted by Crippen LogP contribution is -2.34. The molecule has 0 spiro atoms. The Morgan fingerprint density at radius 3 is 2.55 bits per heavy atom. The Hall–Kier alpha value is -3.05. The highest BCUT2D eigenvalue weighted by Gasteiger charge is 2.28. The summed E-state index contributed by atoms with van der Waals surface area (Å²) in [5, 5.41) is 0. The monoisotopic (exact) mass is 386 g/mol. The zero-order valence-electron chi connectivity index (χ0n) is 16.7. The quantitative estimate of drug-likeness (QED) is 0.675. The summed E-state index contributed by atoms with van der Waals surface area (Å²) in [5.41, 5.74) is 4.47. The molecule has 0 saturated carbocycles. The van der Waals surface area contributed by atoms with Crippen LogP contribution in [0.4, 0.5) is 0 Å². The number of amides is 1. The van der Waals surface area contributed by atoms with Crippen LogP contribution in [0.1, 0.15) is 11.3 Å². The summed E-state index contributed by atoms with van der Waals surface area (Å²) >= 11 is 0. The third-order valence-electron chi connectivity index (χ3n) is 5.50. The molecule has 0 N–H and O–H groups in total. The number of carbonyl (C=O) groups excluding carboxylic acids is 1. The van der Waals surface area contributed by atoms with Crippen molar-refractivity contribution in [3.05, 3.63) is 84.4 Å². The van der Waals surface area contributed by atoms with Gasteiger partial charge < -0.3 is 4.90 Å². The molecule has 1 aromatic carbocycles. The van der Waals surface area contributed by atoms with Crippen LogP contribution in [0, 0.1) is 5.92 Å². The highest BCUT2D eigenvalue weighted by molar-refractivity contribution is 5.79. The fourth-order valence-electron chi connectivity index (χ4n) is 3.86. The summed E-state index contributed by atoms with van der Waals surface area (Å²) in [7, 11) is 1.91. The van der Waals surface area contributed by atoms with Crippen LogP contribution in [-0.4, -0.2) is 52.4 Å². The number of pyridine rings is 2. The van der Waals surface area contributed by atoms with Gasteiger partial charge >= 0.3 is 0 Å². The fraction of sp³-hybridized carbons (Fsp3) is 0.292. The van der Waals surface area contributed by atoms with E-state index in [1.54, 1.807) is 6.20 Å². The Kier molecular flexibility index (Phi) is 5.96. The molecule has 0 radical (unpaired) electrons. The molecule has 148 valence electrons. The predicted molar refractivity (Wildman–Crippen MR) is 114 cm³/mol.